The zero-order valence-corrected chi connectivity index (χ0v) is 10.8. The van der Waals surface area contributed by atoms with Gasteiger partial charge in [0.1, 0.15) is 5.82 Å². The van der Waals surface area contributed by atoms with Crippen LogP contribution < -0.4 is 10.2 Å². The van der Waals surface area contributed by atoms with E-state index in [1.54, 1.807) is 0 Å². The molecule has 0 bridgehead atoms. The third-order valence-corrected chi connectivity index (χ3v) is 3.25. The molecule has 0 unspecified atom stereocenters. The van der Waals surface area contributed by atoms with Crippen LogP contribution in [0.25, 0.3) is 0 Å². The average molecular weight is 233 g/mol. The number of hydrogen-bond acceptors (Lipinski definition) is 3. The molecule has 3 heteroatoms. The van der Waals surface area contributed by atoms with Crippen molar-refractivity contribution in [1.82, 2.24) is 10.3 Å². The molecule has 0 amide bonds. The van der Waals surface area contributed by atoms with Gasteiger partial charge in [-0.25, -0.2) is 4.98 Å². The molecule has 0 atom stereocenters. The lowest BCUT2D eigenvalue weighted by molar-refractivity contribution is 0.573. The van der Waals surface area contributed by atoms with Crippen molar-refractivity contribution in [2.75, 3.05) is 24.5 Å². The molecule has 94 valence electrons. The summed E-state index contributed by atoms with van der Waals surface area (Å²) >= 11 is 0. The lowest BCUT2D eigenvalue weighted by Gasteiger charge is -2.27. The summed E-state index contributed by atoms with van der Waals surface area (Å²) in [5.41, 5.74) is 1.28. The first-order valence-corrected chi connectivity index (χ1v) is 6.80. The van der Waals surface area contributed by atoms with E-state index in [1.165, 1.54) is 44.3 Å². The number of anilines is 1. The molecule has 1 aliphatic heterocycles. The van der Waals surface area contributed by atoms with Crippen LogP contribution in [-0.4, -0.2) is 24.6 Å². The van der Waals surface area contributed by atoms with E-state index >= 15 is 0 Å². The minimum atomic E-state index is 0.932. The summed E-state index contributed by atoms with van der Waals surface area (Å²) in [5, 5.41) is 3.40. The zero-order valence-electron chi connectivity index (χ0n) is 10.8. The van der Waals surface area contributed by atoms with Crippen molar-refractivity contribution >= 4 is 5.82 Å². The molecule has 1 aromatic heterocycles. The van der Waals surface area contributed by atoms with Gasteiger partial charge in [0.05, 0.1) is 0 Å². The van der Waals surface area contributed by atoms with Crippen molar-refractivity contribution in [3.05, 3.63) is 23.9 Å². The van der Waals surface area contributed by atoms with Crippen molar-refractivity contribution in [2.45, 2.75) is 39.2 Å². The van der Waals surface area contributed by atoms with Gasteiger partial charge in [-0.3, -0.25) is 0 Å². The van der Waals surface area contributed by atoms with Crippen LogP contribution in [0.1, 0.15) is 38.2 Å². The van der Waals surface area contributed by atoms with Gasteiger partial charge in [0, 0.05) is 25.8 Å². The monoisotopic (exact) mass is 233 g/mol. The van der Waals surface area contributed by atoms with Gasteiger partial charge in [0.2, 0.25) is 0 Å². The van der Waals surface area contributed by atoms with E-state index in [0.29, 0.717) is 0 Å². The molecular formula is C14H23N3. The summed E-state index contributed by atoms with van der Waals surface area (Å²) in [6.45, 7) is 6.53. The Morgan fingerprint density at radius 3 is 2.71 bits per heavy atom. The quantitative estimate of drug-likeness (QED) is 0.792. The topological polar surface area (TPSA) is 28.2 Å². The van der Waals surface area contributed by atoms with Crippen molar-refractivity contribution in [2.24, 2.45) is 0 Å². The Hall–Kier alpha value is -1.09. The number of pyridine rings is 1. The van der Waals surface area contributed by atoms with E-state index in [1.807, 2.05) is 6.20 Å². The van der Waals surface area contributed by atoms with Gasteiger partial charge >= 0.3 is 0 Å². The Morgan fingerprint density at radius 1 is 1.24 bits per heavy atom. The Labute approximate surface area is 104 Å². The molecule has 0 saturated carbocycles. The fourth-order valence-electron chi connectivity index (χ4n) is 2.24. The third-order valence-electron chi connectivity index (χ3n) is 3.25. The fourth-order valence-corrected chi connectivity index (χ4v) is 2.24. The largest absolute Gasteiger partial charge is 0.357 e. The Balaban J connectivity index is 1.88. The maximum absolute atomic E-state index is 4.57. The van der Waals surface area contributed by atoms with Gasteiger partial charge in [-0.05, 0) is 43.9 Å². The summed E-state index contributed by atoms with van der Waals surface area (Å²) in [7, 11) is 0. The normalized spacial score (nSPS) is 16.2. The second-order valence-electron chi connectivity index (χ2n) is 4.75. The first-order chi connectivity index (χ1) is 8.40. The Morgan fingerprint density at radius 2 is 2.06 bits per heavy atom. The van der Waals surface area contributed by atoms with Gasteiger partial charge in [0.15, 0.2) is 0 Å². The van der Waals surface area contributed by atoms with Crippen LogP contribution in [0, 0.1) is 0 Å². The predicted octanol–water partition coefficient (Wildman–Crippen LogP) is 2.57. The molecule has 0 aliphatic carbocycles. The minimum Gasteiger partial charge on any atom is -0.357 e. The average Bonchev–Trinajstić information content (AvgIpc) is 2.41. The third kappa shape index (κ3) is 3.70. The van der Waals surface area contributed by atoms with Crippen LogP contribution in [0.2, 0.25) is 0 Å². The molecule has 1 fully saturated rings. The standard InChI is InChI=1S/C14H23N3/c1-2-8-15-11-13-6-7-14(16-12-13)17-9-4-3-5-10-17/h6-7,12,15H,2-5,8-11H2,1H3. The molecule has 1 saturated heterocycles. The minimum absolute atomic E-state index is 0.932. The predicted molar refractivity (Wildman–Crippen MR) is 72.3 cm³/mol. The smallest absolute Gasteiger partial charge is 0.128 e. The molecule has 17 heavy (non-hydrogen) atoms. The highest BCUT2D eigenvalue weighted by Gasteiger charge is 2.11. The van der Waals surface area contributed by atoms with E-state index in [4.69, 9.17) is 0 Å². The summed E-state index contributed by atoms with van der Waals surface area (Å²) in [6, 6.07) is 4.36. The second kappa shape index (κ2) is 6.60. The molecular weight excluding hydrogens is 210 g/mol. The summed E-state index contributed by atoms with van der Waals surface area (Å²) in [6.07, 6.45) is 7.17. The fraction of sp³-hybridized carbons (Fsp3) is 0.643. The Bertz CT molecular complexity index is 315. The van der Waals surface area contributed by atoms with Gasteiger partial charge in [-0.1, -0.05) is 13.0 Å². The molecule has 1 N–H and O–H groups in total. The number of nitrogens with one attached hydrogen (secondary N) is 1. The highest BCUT2D eigenvalue weighted by atomic mass is 15.2. The van der Waals surface area contributed by atoms with E-state index in [9.17, 15) is 0 Å². The van der Waals surface area contributed by atoms with Gasteiger partial charge in [-0.2, -0.15) is 0 Å². The van der Waals surface area contributed by atoms with Crippen LogP contribution in [0.15, 0.2) is 18.3 Å². The lowest BCUT2D eigenvalue weighted by Crippen LogP contribution is -2.30. The molecule has 2 rings (SSSR count). The van der Waals surface area contributed by atoms with E-state index in [2.05, 4.69) is 34.3 Å². The SMILES string of the molecule is CCCNCc1ccc(N2CCCCC2)nc1. The highest BCUT2D eigenvalue weighted by Crippen LogP contribution is 2.17. The van der Waals surface area contributed by atoms with E-state index in [-0.39, 0.29) is 0 Å². The maximum atomic E-state index is 4.57. The molecule has 3 nitrogen and oxygen atoms in total. The number of rotatable bonds is 5. The van der Waals surface area contributed by atoms with E-state index in [0.717, 1.165) is 18.9 Å². The van der Waals surface area contributed by atoms with Crippen molar-refractivity contribution in [3.63, 3.8) is 0 Å². The zero-order chi connectivity index (χ0) is 11.9. The van der Waals surface area contributed by atoms with Crippen molar-refractivity contribution in [3.8, 4) is 0 Å². The summed E-state index contributed by atoms with van der Waals surface area (Å²) in [5.74, 6) is 1.14. The van der Waals surface area contributed by atoms with Crippen LogP contribution in [0.4, 0.5) is 5.82 Å². The summed E-state index contributed by atoms with van der Waals surface area (Å²) < 4.78 is 0. The lowest BCUT2D eigenvalue weighted by atomic mass is 10.1. The summed E-state index contributed by atoms with van der Waals surface area (Å²) in [4.78, 5) is 6.96. The van der Waals surface area contributed by atoms with E-state index < -0.39 is 0 Å². The van der Waals surface area contributed by atoms with Crippen molar-refractivity contribution < 1.29 is 0 Å². The molecule has 0 radical (unpaired) electrons. The first-order valence-electron chi connectivity index (χ1n) is 6.80. The van der Waals surface area contributed by atoms with Gasteiger partial charge in [-0.15, -0.1) is 0 Å². The van der Waals surface area contributed by atoms with Crippen molar-refractivity contribution in [1.29, 1.82) is 0 Å². The molecule has 0 spiro atoms. The van der Waals surface area contributed by atoms with Crippen LogP contribution in [-0.2, 0) is 6.54 Å². The number of nitrogens with zero attached hydrogens (tertiary/aromatic N) is 2. The van der Waals surface area contributed by atoms with Gasteiger partial charge in [0.25, 0.3) is 0 Å². The second-order valence-corrected chi connectivity index (χ2v) is 4.75. The Kier molecular flexibility index (Phi) is 4.80. The molecule has 0 aromatic carbocycles. The molecule has 2 heterocycles. The number of hydrogen-bond donors (Lipinski definition) is 1. The van der Waals surface area contributed by atoms with Gasteiger partial charge < -0.3 is 10.2 Å². The maximum Gasteiger partial charge on any atom is 0.128 e. The number of aromatic nitrogens is 1. The highest BCUT2D eigenvalue weighted by molar-refractivity contribution is 5.39. The van der Waals surface area contributed by atoms with Crippen LogP contribution in [0.5, 0.6) is 0 Å². The molecule has 1 aromatic rings. The molecule has 1 aliphatic rings. The van der Waals surface area contributed by atoms with Crippen LogP contribution >= 0.6 is 0 Å². The van der Waals surface area contributed by atoms with Crippen LogP contribution in [0.3, 0.4) is 0 Å². The number of piperidine rings is 1. The first kappa shape index (κ1) is 12.4.